The Bertz CT molecular complexity index is 942. The van der Waals surface area contributed by atoms with Crippen molar-refractivity contribution in [2.45, 2.75) is 189 Å². The molecule has 0 amide bonds. The van der Waals surface area contributed by atoms with Crippen molar-refractivity contribution in [3.8, 4) is 0 Å². The molecule has 0 radical (unpaired) electrons. The van der Waals surface area contributed by atoms with E-state index in [0.29, 0.717) is 6.54 Å². The normalized spacial score (nSPS) is 38.6. The number of ether oxygens (including phenoxy) is 5. The molecule has 0 saturated carbocycles. The van der Waals surface area contributed by atoms with Crippen molar-refractivity contribution in [1.82, 2.24) is 10.2 Å². The molecule has 3 saturated heterocycles. The Kier molecular flexibility index (Phi) is 21.2. The van der Waals surface area contributed by atoms with Crippen LogP contribution < -0.4 is 11.1 Å². The molecule has 0 aromatic rings. The first-order valence-corrected chi connectivity index (χ1v) is 19.7. The van der Waals surface area contributed by atoms with Gasteiger partial charge in [-0.05, 0) is 27.1 Å². The van der Waals surface area contributed by atoms with Gasteiger partial charge in [0.2, 0.25) is 0 Å². The monoisotopic (exact) mass is 753 g/mol. The van der Waals surface area contributed by atoms with Crippen LogP contribution in [0.2, 0.25) is 0 Å². The zero-order valence-corrected chi connectivity index (χ0v) is 31.5. The van der Waals surface area contributed by atoms with Crippen LogP contribution in [0.1, 0.15) is 96.8 Å². The summed E-state index contributed by atoms with van der Waals surface area (Å²) < 4.78 is 29.6. The van der Waals surface area contributed by atoms with Crippen molar-refractivity contribution in [1.29, 1.82) is 0 Å². The van der Waals surface area contributed by atoms with Gasteiger partial charge in [0.05, 0.1) is 37.9 Å². The van der Waals surface area contributed by atoms with Crippen molar-refractivity contribution in [2.75, 3.05) is 40.5 Å². The Morgan fingerprint density at radius 3 is 1.56 bits per heavy atom. The van der Waals surface area contributed by atoms with Gasteiger partial charge in [-0.1, -0.05) is 90.4 Å². The molecule has 0 aromatic heterocycles. The fourth-order valence-corrected chi connectivity index (χ4v) is 7.47. The van der Waals surface area contributed by atoms with Gasteiger partial charge in [0.25, 0.3) is 0 Å². The van der Waals surface area contributed by atoms with Gasteiger partial charge in [0, 0.05) is 0 Å². The SMILES string of the molecule is CCCCCCCCCCCCCCCCN[C@H]1[C@H](OC2[C@@H](CO)O[C@@H](OC3[C@@H](CO)O[C@@H](O)[C@H](N)[C@H]3O)[C@H](N(C)C)[C@H]2O)O[C@H](CO)[C@@H](O)[C@@H]1O. The third kappa shape index (κ3) is 13.0. The van der Waals surface area contributed by atoms with Gasteiger partial charge in [-0.15, -0.1) is 0 Å². The Morgan fingerprint density at radius 1 is 0.577 bits per heavy atom. The van der Waals surface area contributed by atoms with E-state index < -0.39 is 112 Å². The topological polar surface area (TPSA) is 249 Å². The number of likely N-dealkylation sites (N-methyl/N-ethyl adjacent to an activating group) is 1. The lowest BCUT2D eigenvalue weighted by Crippen LogP contribution is -2.70. The van der Waals surface area contributed by atoms with Crippen LogP contribution in [0.3, 0.4) is 0 Å². The van der Waals surface area contributed by atoms with Gasteiger partial charge in [-0.2, -0.15) is 0 Å². The van der Waals surface area contributed by atoms with E-state index in [1.807, 2.05) is 0 Å². The van der Waals surface area contributed by atoms with Crippen LogP contribution in [-0.2, 0) is 23.7 Å². The second-order valence-corrected chi connectivity index (χ2v) is 15.0. The molecule has 3 fully saturated rings. The maximum Gasteiger partial charge on any atom is 0.176 e. The average Bonchev–Trinajstić information content (AvgIpc) is 3.12. The molecule has 0 aromatic carbocycles. The molecule has 16 heteroatoms. The van der Waals surface area contributed by atoms with Crippen molar-refractivity contribution in [3.05, 3.63) is 0 Å². The standard InChI is InChI=1S/C36H71N3O13/c1-4-5-6-7-8-9-10-11-12-13-14-15-16-17-18-38-26-30(45)28(43)22(19-40)49-35(26)51-33-24(21-42)50-36(27(31(33)46)39(2)3)52-32-23(20-41)48-34(47)25(37)29(32)44/h22-36,38,40-47H,4-21,37H2,1-3H3/t22-,23-,24-,25-,26-,27-,28-,29-,30-,31-,32?,33?,34-,35+,36+/m1/s1. The highest BCUT2D eigenvalue weighted by Crippen LogP contribution is 2.33. The van der Waals surface area contributed by atoms with Crippen LogP contribution in [0.15, 0.2) is 0 Å². The molecule has 2 unspecified atom stereocenters. The number of nitrogens with one attached hydrogen (secondary N) is 1. The number of nitrogens with zero attached hydrogens (tertiary/aromatic N) is 1. The fourth-order valence-electron chi connectivity index (χ4n) is 7.47. The van der Waals surface area contributed by atoms with Gasteiger partial charge in [0.1, 0.15) is 54.9 Å². The molecule has 52 heavy (non-hydrogen) atoms. The molecule has 3 rings (SSSR count). The van der Waals surface area contributed by atoms with E-state index in [2.05, 4.69) is 12.2 Å². The third-order valence-electron chi connectivity index (χ3n) is 10.7. The zero-order chi connectivity index (χ0) is 38.2. The van der Waals surface area contributed by atoms with Crippen molar-refractivity contribution >= 4 is 0 Å². The average molecular weight is 754 g/mol. The smallest absolute Gasteiger partial charge is 0.176 e. The lowest BCUT2D eigenvalue weighted by molar-refractivity contribution is -0.358. The summed E-state index contributed by atoms with van der Waals surface area (Å²) in [4.78, 5) is 1.60. The summed E-state index contributed by atoms with van der Waals surface area (Å²) in [6.07, 6.45) is 1.38. The first-order valence-electron chi connectivity index (χ1n) is 19.7. The minimum atomic E-state index is -1.54. The van der Waals surface area contributed by atoms with Crippen LogP contribution in [0.5, 0.6) is 0 Å². The molecule has 16 nitrogen and oxygen atoms in total. The predicted molar refractivity (Wildman–Crippen MR) is 191 cm³/mol. The molecule has 0 aliphatic carbocycles. The highest BCUT2D eigenvalue weighted by molar-refractivity contribution is 5.00. The Balaban J connectivity index is 1.56. The van der Waals surface area contributed by atoms with Gasteiger partial charge in [0.15, 0.2) is 18.9 Å². The van der Waals surface area contributed by atoms with Crippen LogP contribution in [-0.4, -0.2) is 178 Å². The molecule has 3 heterocycles. The Morgan fingerprint density at radius 2 is 1.04 bits per heavy atom. The highest BCUT2D eigenvalue weighted by atomic mass is 16.7. The third-order valence-corrected chi connectivity index (χ3v) is 10.7. The van der Waals surface area contributed by atoms with Crippen LogP contribution in [0, 0.1) is 0 Å². The maximum atomic E-state index is 11.7. The molecule has 15 atom stereocenters. The van der Waals surface area contributed by atoms with E-state index in [1.165, 1.54) is 64.2 Å². The molecule has 0 spiro atoms. The number of rotatable bonds is 24. The predicted octanol–water partition coefficient (Wildman–Crippen LogP) is -0.959. The molecular weight excluding hydrogens is 682 g/mol. The quantitative estimate of drug-likeness (QED) is 0.0534. The van der Waals surface area contributed by atoms with E-state index in [0.717, 1.165) is 25.7 Å². The van der Waals surface area contributed by atoms with Crippen LogP contribution in [0.25, 0.3) is 0 Å². The van der Waals surface area contributed by atoms with Gasteiger partial charge in [-0.3, -0.25) is 4.90 Å². The molecule has 0 bridgehead atoms. The lowest BCUT2D eigenvalue weighted by Gasteiger charge is -2.51. The van der Waals surface area contributed by atoms with E-state index in [1.54, 1.807) is 19.0 Å². The molecule has 3 aliphatic heterocycles. The number of nitrogens with two attached hydrogens (primary N) is 1. The number of hydrogen-bond donors (Lipinski definition) is 10. The molecule has 3 aliphatic rings. The highest BCUT2D eigenvalue weighted by Gasteiger charge is 2.54. The van der Waals surface area contributed by atoms with E-state index in [-0.39, 0.29) is 0 Å². The van der Waals surface area contributed by atoms with Crippen LogP contribution >= 0.6 is 0 Å². The van der Waals surface area contributed by atoms with Gasteiger partial charge >= 0.3 is 0 Å². The second-order valence-electron chi connectivity index (χ2n) is 15.0. The van der Waals surface area contributed by atoms with E-state index in [9.17, 15) is 40.9 Å². The largest absolute Gasteiger partial charge is 0.394 e. The molecule has 308 valence electrons. The lowest BCUT2D eigenvalue weighted by atomic mass is 9.93. The Hall–Kier alpha value is -0.640. The van der Waals surface area contributed by atoms with E-state index >= 15 is 0 Å². The summed E-state index contributed by atoms with van der Waals surface area (Å²) in [6.45, 7) is 0.894. The summed E-state index contributed by atoms with van der Waals surface area (Å²) in [7, 11) is 3.30. The van der Waals surface area contributed by atoms with Crippen LogP contribution in [0.4, 0.5) is 0 Å². The van der Waals surface area contributed by atoms with Gasteiger partial charge < -0.3 is 75.6 Å². The number of unbranched alkanes of at least 4 members (excludes halogenated alkanes) is 13. The first kappa shape index (κ1) is 45.7. The summed E-state index contributed by atoms with van der Waals surface area (Å²) >= 11 is 0. The van der Waals surface area contributed by atoms with E-state index in [4.69, 9.17) is 29.4 Å². The van der Waals surface area contributed by atoms with Crippen molar-refractivity contribution in [2.24, 2.45) is 5.73 Å². The molecular formula is C36H71N3O13. The number of aliphatic hydroxyl groups excluding tert-OH is 8. The molecule has 11 N–H and O–H groups in total. The van der Waals surface area contributed by atoms with Gasteiger partial charge in [-0.25, -0.2) is 0 Å². The zero-order valence-electron chi connectivity index (χ0n) is 31.5. The minimum Gasteiger partial charge on any atom is -0.394 e. The summed E-state index contributed by atoms with van der Waals surface area (Å²) in [5.74, 6) is 0. The summed E-state index contributed by atoms with van der Waals surface area (Å²) in [6, 6.07) is -3.15. The second kappa shape index (κ2) is 24.1. The maximum absolute atomic E-state index is 11.7. The summed E-state index contributed by atoms with van der Waals surface area (Å²) in [5.41, 5.74) is 5.87. The Labute approximate surface area is 309 Å². The summed E-state index contributed by atoms with van der Waals surface area (Å²) in [5, 5.41) is 87.5. The fraction of sp³-hybridized carbons (Fsp3) is 1.00. The number of aliphatic hydroxyl groups is 8. The number of hydrogen-bond acceptors (Lipinski definition) is 16. The van der Waals surface area contributed by atoms with Crippen molar-refractivity contribution in [3.63, 3.8) is 0 Å². The first-order chi connectivity index (χ1) is 25.0. The van der Waals surface area contributed by atoms with Crippen molar-refractivity contribution < 1.29 is 64.5 Å². The minimum absolute atomic E-state index is 0.498.